The molecule has 1 heterocycles. The van der Waals surface area contributed by atoms with Gasteiger partial charge in [-0.15, -0.1) is 0 Å². The molecule has 0 aromatic heterocycles. The molecule has 1 saturated carbocycles. The zero-order valence-electron chi connectivity index (χ0n) is 21.2. The molecule has 6 rings (SSSR count). The van der Waals surface area contributed by atoms with E-state index >= 15 is 0 Å². The largest absolute Gasteiger partial charge is 0.466 e. The van der Waals surface area contributed by atoms with Crippen LogP contribution in [0.25, 0.3) is 0 Å². The number of non-ortho nitro benzene ring substituents is 1. The van der Waals surface area contributed by atoms with Gasteiger partial charge in [0.1, 0.15) is 0 Å². The average Bonchev–Trinajstić information content (AvgIpc) is 3.46. The van der Waals surface area contributed by atoms with E-state index < -0.39 is 40.0 Å². The van der Waals surface area contributed by atoms with Crippen molar-refractivity contribution in [2.75, 3.05) is 18.6 Å². The number of aryl methyl sites for hydroxylation is 1. The van der Waals surface area contributed by atoms with Crippen molar-refractivity contribution >= 4 is 29.0 Å². The molecule has 1 aliphatic heterocycles. The van der Waals surface area contributed by atoms with Gasteiger partial charge in [-0.3, -0.25) is 24.5 Å². The number of likely N-dealkylation sites (N-methyl/N-ethyl adjacent to an activating group) is 1. The number of hydrogen-bond donors (Lipinski definition) is 0. The first-order chi connectivity index (χ1) is 18.2. The standard InChI is InChI=1S/C30H26N2O6/c1-4-38-28(34)26-23-19-14-13-18(32(36)37)15-20(19)27(33)24(23)25(17-11-9-16(2)10-12-17)30(26)21-7-5-6-8-22(21)31(3)29(30)35/h5-15,23-26H,4H2,1-3H3. The van der Waals surface area contributed by atoms with Crippen LogP contribution in [0.5, 0.6) is 0 Å². The van der Waals surface area contributed by atoms with E-state index in [0.29, 0.717) is 16.8 Å². The molecule has 5 atom stereocenters. The highest BCUT2D eigenvalue weighted by Gasteiger charge is 2.74. The monoisotopic (exact) mass is 510 g/mol. The number of ketones is 1. The molecule has 1 spiro atoms. The zero-order valence-corrected chi connectivity index (χ0v) is 21.2. The number of ether oxygens (including phenoxy) is 1. The maximum atomic E-state index is 14.5. The topological polar surface area (TPSA) is 107 Å². The number of amides is 1. The normalized spacial score (nSPS) is 26.9. The SMILES string of the molecule is CCOC(=O)C1C2c3ccc([N+](=O)[O-])cc3C(=O)C2C(c2ccc(C)cc2)C12C(=O)N(C)c1ccccc12. The lowest BCUT2D eigenvalue weighted by atomic mass is 9.63. The number of carbonyl (C=O) groups excluding carboxylic acids is 3. The molecule has 192 valence electrons. The van der Waals surface area contributed by atoms with Gasteiger partial charge in [0.25, 0.3) is 5.69 Å². The molecular weight excluding hydrogens is 484 g/mol. The number of benzene rings is 3. The fourth-order valence-corrected chi connectivity index (χ4v) is 7.23. The number of fused-ring (bicyclic) bond motifs is 5. The molecule has 3 aromatic carbocycles. The van der Waals surface area contributed by atoms with Crippen LogP contribution in [0.15, 0.2) is 66.7 Å². The Bertz CT molecular complexity index is 1530. The summed E-state index contributed by atoms with van der Waals surface area (Å²) >= 11 is 0. The van der Waals surface area contributed by atoms with E-state index in [1.165, 1.54) is 12.1 Å². The smallest absolute Gasteiger partial charge is 0.311 e. The minimum Gasteiger partial charge on any atom is -0.466 e. The summed E-state index contributed by atoms with van der Waals surface area (Å²) in [7, 11) is 1.69. The van der Waals surface area contributed by atoms with E-state index in [1.54, 1.807) is 24.9 Å². The maximum Gasteiger partial charge on any atom is 0.311 e. The van der Waals surface area contributed by atoms with Crippen LogP contribution in [-0.4, -0.2) is 36.2 Å². The van der Waals surface area contributed by atoms with Crippen molar-refractivity contribution in [2.24, 2.45) is 11.8 Å². The van der Waals surface area contributed by atoms with Crippen LogP contribution in [0.4, 0.5) is 11.4 Å². The van der Waals surface area contributed by atoms with Gasteiger partial charge in [-0.2, -0.15) is 0 Å². The molecule has 0 bridgehead atoms. The van der Waals surface area contributed by atoms with E-state index in [4.69, 9.17) is 4.74 Å². The Morgan fingerprint density at radius 2 is 1.76 bits per heavy atom. The van der Waals surface area contributed by atoms with Crippen LogP contribution in [0.3, 0.4) is 0 Å². The number of esters is 1. The van der Waals surface area contributed by atoms with Crippen LogP contribution < -0.4 is 4.90 Å². The van der Waals surface area contributed by atoms with Crippen LogP contribution in [0.2, 0.25) is 0 Å². The van der Waals surface area contributed by atoms with Gasteiger partial charge in [-0.25, -0.2) is 0 Å². The number of rotatable bonds is 4. The number of nitro benzene ring substituents is 1. The minimum atomic E-state index is -1.38. The molecule has 0 saturated heterocycles. The van der Waals surface area contributed by atoms with Gasteiger partial charge >= 0.3 is 5.97 Å². The fraction of sp³-hybridized carbons (Fsp3) is 0.300. The zero-order chi connectivity index (χ0) is 26.9. The predicted molar refractivity (Wildman–Crippen MR) is 139 cm³/mol. The summed E-state index contributed by atoms with van der Waals surface area (Å²) in [6, 6.07) is 19.3. The lowest BCUT2D eigenvalue weighted by Gasteiger charge is -2.36. The van der Waals surface area contributed by atoms with Crippen molar-refractivity contribution < 1.29 is 24.0 Å². The highest BCUT2D eigenvalue weighted by molar-refractivity contribution is 6.15. The molecule has 1 amide bonds. The lowest BCUT2D eigenvalue weighted by Crippen LogP contribution is -2.49. The molecule has 8 heteroatoms. The summed E-state index contributed by atoms with van der Waals surface area (Å²) < 4.78 is 5.61. The highest BCUT2D eigenvalue weighted by Crippen LogP contribution is 2.70. The number of nitro groups is 1. The van der Waals surface area contributed by atoms with Crippen molar-refractivity contribution in [2.45, 2.75) is 31.1 Å². The minimum absolute atomic E-state index is 0.116. The van der Waals surface area contributed by atoms with Gasteiger partial charge in [0, 0.05) is 48.2 Å². The third-order valence-electron chi connectivity index (χ3n) is 8.61. The Morgan fingerprint density at radius 1 is 1.05 bits per heavy atom. The van der Waals surface area contributed by atoms with Crippen LogP contribution in [0.1, 0.15) is 51.4 Å². The second-order valence-corrected chi connectivity index (χ2v) is 10.3. The van der Waals surface area contributed by atoms with E-state index in [1.807, 2.05) is 55.5 Å². The first kappa shape index (κ1) is 24.0. The summed E-state index contributed by atoms with van der Waals surface area (Å²) in [5, 5.41) is 11.5. The van der Waals surface area contributed by atoms with Gasteiger partial charge < -0.3 is 9.64 Å². The molecule has 5 unspecified atom stereocenters. The van der Waals surface area contributed by atoms with Crippen LogP contribution in [-0.2, 0) is 19.7 Å². The number of carbonyl (C=O) groups is 3. The molecule has 2 aliphatic carbocycles. The third kappa shape index (κ3) is 2.94. The summed E-state index contributed by atoms with van der Waals surface area (Å²) in [6.07, 6.45) is 0. The molecule has 0 N–H and O–H groups in total. The van der Waals surface area contributed by atoms with Crippen molar-refractivity contribution in [3.63, 3.8) is 0 Å². The maximum absolute atomic E-state index is 14.5. The van der Waals surface area contributed by atoms with E-state index in [9.17, 15) is 24.5 Å². The summed E-state index contributed by atoms with van der Waals surface area (Å²) in [5.74, 6) is -4.21. The van der Waals surface area contributed by atoms with Crippen molar-refractivity contribution in [1.29, 1.82) is 0 Å². The number of anilines is 1. The second-order valence-electron chi connectivity index (χ2n) is 10.3. The van der Waals surface area contributed by atoms with E-state index in [2.05, 4.69) is 0 Å². The summed E-state index contributed by atoms with van der Waals surface area (Å²) in [5.41, 5.74) is 2.41. The van der Waals surface area contributed by atoms with Gasteiger partial charge in [0.2, 0.25) is 5.91 Å². The second kappa shape index (κ2) is 8.34. The fourth-order valence-electron chi connectivity index (χ4n) is 7.23. The van der Waals surface area contributed by atoms with Gasteiger partial charge in [-0.1, -0.05) is 54.1 Å². The first-order valence-corrected chi connectivity index (χ1v) is 12.7. The molecule has 3 aromatic rings. The lowest BCUT2D eigenvalue weighted by molar-refractivity contribution is -0.384. The van der Waals surface area contributed by atoms with E-state index in [-0.39, 0.29) is 29.5 Å². The Balaban J connectivity index is 1.70. The van der Waals surface area contributed by atoms with Gasteiger partial charge in [0.05, 0.1) is 22.9 Å². The Kier molecular flexibility index (Phi) is 5.28. The molecule has 38 heavy (non-hydrogen) atoms. The molecular formula is C30H26N2O6. The van der Waals surface area contributed by atoms with Crippen molar-refractivity contribution in [3.05, 3.63) is 105 Å². The van der Waals surface area contributed by atoms with Gasteiger partial charge in [-0.05, 0) is 36.6 Å². The van der Waals surface area contributed by atoms with Crippen LogP contribution >= 0.6 is 0 Å². The summed E-state index contributed by atoms with van der Waals surface area (Å²) in [4.78, 5) is 55.1. The number of para-hydroxylation sites is 1. The Morgan fingerprint density at radius 3 is 2.45 bits per heavy atom. The molecule has 0 radical (unpaired) electrons. The number of nitrogens with zero attached hydrogens (tertiary/aromatic N) is 2. The molecule has 1 fully saturated rings. The van der Waals surface area contributed by atoms with E-state index in [0.717, 1.165) is 11.1 Å². The highest BCUT2D eigenvalue weighted by atomic mass is 16.6. The molecule has 3 aliphatic rings. The quantitative estimate of drug-likeness (QED) is 0.286. The number of hydrogen-bond acceptors (Lipinski definition) is 6. The first-order valence-electron chi connectivity index (χ1n) is 12.7. The predicted octanol–water partition coefficient (Wildman–Crippen LogP) is 4.69. The Labute approximate surface area is 219 Å². The number of Topliss-reactive ketones (excluding diaryl/α,β-unsaturated/α-hetero) is 1. The van der Waals surface area contributed by atoms with Gasteiger partial charge in [0.15, 0.2) is 5.78 Å². The third-order valence-corrected chi connectivity index (χ3v) is 8.61. The Hall–Kier alpha value is -4.33. The van der Waals surface area contributed by atoms with Crippen molar-refractivity contribution in [1.82, 2.24) is 0 Å². The average molecular weight is 511 g/mol. The van der Waals surface area contributed by atoms with Crippen molar-refractivity contribution in [3.8, 4) is 0 Å². The summed E-state index contributed by atoms with van der Waals surface area (Å²) in [6.45, 7) is 3.78. The molecule has 8 nitrogen and oxygen atoms in total. The van der Waals surface area contributed by atoms with Crippen LogP contribution in [0, 0.1) is 28.9 Å².